The van der Waals surface area contributed by atoms with E-state index in [1.54, 1.807) is 11.8 Å². The second-order valence-electron chi connectivity index (χ2n) is 5.27. The van der Waals surface area contributed by atoms with Gasteiger partial charge in [0.25, 0.3) is 5.91 Å². The largest absolute Gasteiger partial charge is 0.484 e. The van der Waals surface area contributed by atoms with Crippen LogP contribution in [0.1, 0.15) is 18.9 Å². The summed E-state index contributed by atoms with van der Waals surface area (Å²) in [6.45, 7) is 3.62. The Bertz CT molecular complexity index is 445. The Morgan fingerprint density at radius 2 is 2.20 bits per heavy atom. The minimum absolute atomic E-state index is 0.0314. The van der Waals surface area contributed by atoms with Crippen molar-refractivity contribution in [3.63, 3.8) is 0 Å². The van der Waals surface area contributed by atoms with E-state index in [0.717, 1.165) is 12.0 Å². The topological polar surface area (TPSA) is 75.8 Å². The second-order valence-corrected chi connectivity index (χ2v) is 5.27. The average Bonchev–Trinajstić information content (AvgIpc) is 2.95. The van der Waals surface area contributed by atoms with E-state index >= 15 is 0 Å². The molecule has 0 radical (unpaired) electrons. The second kappa shape index (κ2) is 6.72. The zero-order valence-corrected chi connectivity index (χ0v) is 11.8. The van der Waals surface area contributed by atoms with Crippen LogP contribution in [0.5, 0.6) is 5.75 Å². The summed E-state index contributed by atoms with van der Waals surface area (Å²) in [4.78, 5) is 13.8. The first-order valence-electron chi connectivity index (χ1n) is 6.98. The van der Waals surface area contributed by atoms with Gasteiger partial charge >= 0.3 is 0 Å². The molecule has 1 aromatic carbocycles. The van der Waals surface area contributed by atoms with E-state index in [2.05, 4.69) is 0 Å². The summed E-state index contributed by atoms with van der Waals surface area (Å²) in [5.41, 5.74) is 6.55. The smallest absolute Gasteiger partial charge is 0.260 e. The lowest BCUT2D eigenvalue weighted by atomic mass is 10.0. The van der Waals surface area contributed by atoms with Crippen LogP contribution in [0.4, 0.5) is 0 Å². The lowest BCUT2D eigenvalue weighted by molar-refractivity contribution is -0.132. The molecule has 2 rings (SSSR count). The van der Waals surface area contributed by atoms with Gasteiger partial charge in [-0.1, -0.05) is 12.1 Å². The van der Waals surface area contributed by atoms with Crippen LogP contribution in [0.25, 0.3) is 0 Å². The number of ether oxygens (including phenoxy) is 1. The molecule has 0 bridgehead atoms. The molecule has 1 saturated heterocycles. The maximum Gasteiger partial charge on any atom is 0.260 e. The number of amides is 1. The zero-order valence-electron chi connectivity index (χ0n) is 11.8. The minimum Gasteiger partial charge on any atom is -0.484 e. The van der Waals surface area contributed by atoms with Crippen molar-refractivity contribution >= 4 is 5.91 Å². The van der Waals surface area contributed by atoms with E-state index in [0.29, 0.717) is 25.4 Å². The highest BCUT2D eigenvalue weighted by Crippen LogP contribution is 2.20. The molecule has 110 valence electrons. The van der Waals surface area contributed by atoms with Gasteiger partial charge in [-0.3, -0.25) is 4.79 Å². The molecule has 1 amide bonds. The number of aliphatic hydroxyl groups is 1. The Hall–Kier alpha value is -1.59. The van der Waals surface area contributed by atoms with Gasteiger partial charge in [-0.05, 0) is 31.0 Å². The van der Waals surface area contributed by atoms with E-state index in [-0.39, 0.29) is 24.5 Å². The SMILES string of the molecule is CC(O)C1CCN(C(=O)COc2ccc(CN)cc2)C1. The van der Waals surface area contributed by atoms with Gasteiger partial charge < -0.3 is 20.5 Å². The predicted octanol–water partition coefficient (Wildman–Crippen LogP) is 0.753. The Balaban J connectivity index is 1.80. The highest BCUT2D eigenvalue weighted by molar-refractivity contribution is 5.78. The zero-order chi connectivity index (χ0) is 14.5. The Morgan fingerprint density at radius 1 is 1.50 bits per heavy atom. The molecule has 1 aliphatic rings. The van der Waals surface area contributed by atoms with Crippen LogP contribution in [0.2, 0.25) is 0 Å². The maximum atomic E-state index is 12.0. The minimum atomic E-state index is -0.363. The molecule has 0 saturated carbocycles. The van der Waals surface area contributed by atoms with E-state index in [4.69, 9.17) is 10.5 Å². The normalized spacial score (nSPS) is 19.9. The standard InChI is InChI=1S/C15H22N2O3/c1-11(18)13-6-7-17(9-13)15(19)10-20-14-4-2-12(8-16)3-5-14/h2-5,11,13,18H,6-10,16H2,1H3. The fraction of sp³-hybridized carbons (Fsp3) is 0.533. The molecule has 1 aliphatic heterocycles. The van der Waals surface area contributed by atoms with Crippen molar-refractivity contribution in [3.05, 3.63) is 29.8 Å². The van der Waals surface area contributed by atoms with Crippen molar-refractivity contribution in [2.75, 3.05) is 19.7 Å². The number of hydrogen-bond acceptors (Lipinski definition) is 4. The van der Waals surface area contributed by atoms with Crippen molar-refractivity contribution < 1.29 is 14.6 Å². The molecule has 2 atom stereocenters. The number of aliphatic hydroxyl groups excluding tert-OH is 1. The van der Waals surface area contributed by atoms with Crippen LogP contribution in [0.3, 0.4) is 0 Å². The van der Waals surface area contributed by atoms with Gasteiger partial charge in [-0.25, -0.2) is 0 Å². The number of likely N-dealkylation sites (tertiary alicyclic amines) is 1. The molecular weight excluding hydrogens is 256 g/mol. The van der Waals surface area contributed by atoms with Crippen LogP contribution >= 0.6 is 0 Å². The third-order valence-electron chi connectivity index (χ3n) is 3.78. The lowest BCUT2D eigenvalue weighted by Crippen LogP contribution is -2.34. The lowest BCUT2D eigenvalue weighted by Gasteiger charge is -2.18. The summed E-state index contributed by atoms with van der Waals surface area (Å²) < 4.78 is 5.48. The molecular formula is C15H22N2O3. The summed E-state index contributed by atoms with van der Waals surface area (Å²) in [7, 11) is 0. The third kappa shape index (κ3) is 3.71. The summed E-state index contributed by atoms with van der Waals surface area (Å²) in [5.74, 6) is 0.820. The molecule has 5 heteroatoms. The number of rotatable bonds is 5. The molecule has 5 nitrogen and oxygen atoms in total. The quantitative estimate of drug-likeness (QED) is 0.833. The summed E-state index contributed by atoms with van der Waals surface area (Å²) in [6.07, 6.45) is 0.492. The van der Waals surface area contributed by atoms with Crippen LogP contribution in [0.15, 0.2) is 24.3 Å². The molecule has 3 N–H and O–H groups in total. The first kappa shape index (κ1) is 14.8. The number of nitrogens with two attached hydrogens (primary N) is 1. The Morgan fingerprint density at radius 3 is 2.75 bits per heavy atom. The molecule has 1 heterocycles. The van der Waals surface area contributed by atoms with Crippen molar-refractivity contribution in [3.8, 4) is 5.75 Å². The molecule has 2 unspecified atom stereocenters. The van der Waals surface area contributed by atoms with Crippen molar-refractivity contribution in [2.45, 2.75) is 26.0 Å². The van der Waals surface area contributed by atoms with Crippen LogP contribution < -0.4 is 10.5 Å². The number of carbonyl (C=O) groups excluding carboxylic acids is 1. The number of nitrogens with zero attached hydrogens (tertiary/aromatic N) is 1. The van der Waals surface area contributed by atoms with Gasteiger partial charge in [0.2, 0.25) is 0 Å². The van der Waals surface area contributed by atoms with Gasteiger partial charge in [0, 0.05) is 25.6 Å². The molecule has 0 aromatic heterocycles. The van der Waals surface area contributed by atoms with Crippen LogP contribution in [-0.4, -0.2) is 41.7 Å². The van der Waals surface area contributed by atoms with E-state index in [1.807, 2.05) is 24.3 Å². The number of hydrogen-bond donors (Lipinski definition) is 2. The number of benzene rings is 1. The van der Waals surface area contributed by atoms with Crippen molar-refractivity contribution in [1.29, 1.82) is 0 Å². The van der Waals surface area contributed by atoms with Gasteiger partial charge in [0.05, 0.1) is 6.10 Å². The van der Waals surface area contributed by atoms with Crippen molar-refractivity contribution in [2.24, 2.45) is 11.7 Å². The first-order valence-corrected chi connectivity index (χ1v) is 6.98. The molecule has 1 aromatic rings. The Labute approximate surface area is 119 Å². The maximum absolute atomic E-state index is 12.0. The summed E-state index contributed by atoms with van der Waals surface area (Å²) in [6, 6.07) is 7.41. The van der Waals surface area contributed by atoms with E-state index in [9.17, 15) is 9.90 Å². The highest BCUT2D eigenvalue weighted by atomic mass is 16.5. The summed E-state index contributed by atoms with van der Waals surface area (Å²) >= 11 is 0. The predicted molar refractivity (Wildman–Crippen MR) is 76.2 cm³/mol. The third-order valence-corrected chi connectivity index (χ3v) is 3.78. The molecule has 20 heavy (non-hydrogen) atoms. The first-order chi connectivity index (χ1) is 9.60. The van der Waals surface area contributed by atoms with Crippen molar-refractivity contribution in [1.82, 2.24) is 4.90 Å². The monoisotopic (exact) mass is 278 g/mol. The van der Waals surface area contributed by atoms with E-state index in [1.165, 1.54) is 0 Å². The fourth-order valence-electron chi connectivity index (χ4n) is 2.37. The molecule has 0 spiro atoms. The Kier molecular flexibility index (Phi) is 4.98. The van der Waals surface area contributed by atoms with Crippen LogP contribution in [0, 0.1) is 5.92 Å². The van der Waals surface area contributed by atoms with Gasteiger partial charge in [0.1, 0.15) is 5.75 Å². The molecule has 0 aliphatic carbocycles. The van der Waals surface area contributed by atoms with Gasteiger partial charge in [-0.15, -0.1) is 0 Å². The number of carbonyl (C=O) groups is 1. The highest BCUT2D eigenvalue weighted by Gasteiger charge is 2.29. The average molecular weight is 278 g/mol. The van der Waals surface area contributed by atoms with Gasteiger partial charge in [-0.2, -0.15) is 0 Å². The van der Waals surface area contributed by atoms with Gasteiger partial charge in [0.15, 0.2) is 6.61 Å². The van der Waals surface area contributed by atoms with E-state index < -0.39 is 0 Å². The summed E-state index contributed by atoms with van der Waals surface area (Å²) in [5, 5.41) is 9.53. The van der Waals surface area contributed by atoms with Crippen LogP contribution in [-0.2, 0) is 11.3 Å². The fourth-order valence-corrected chi connectivity index (χ4v) is 2.37. The molecule has 1 fully saturated rings.